The number of nitrogens with one attached hydrogen (secondary N) is 1. The van der Waals surface area contributed by atoms with E-state index in [1.807, 2.05) is 16.7 Å². The lowest BCUT2D eigenvalue weighted by molar-refractivity contribution is -0.113. The van der Waals surface area contributed by atoms with Crippen LogP contribution in [0.25, 0.3) is 11.4 Å². The molecule has 0 unspecified atom stereocenters. The lowest BCUT2D eigenvalue weighted by atomic mass is 10.0. The predicted octanol–water partition coefficient (Wildman–Crippen LogP) is 5.12. The zero-order valence-electron chi connectivity index (χ0n) is 16.4. The number of carbonyl (C=O) groups is 1. The van der Waals surface area contributed by atoms with Gasteiger partial charge >= 0.3 is 0 Å². The van der Waals surface area contributed by atoms with Crippen molar-refractivity contribution in [2.24, 2.45) is 0 Å². The van der Waals surface area contributed by atoms with Crippen LogP contribution in [0.3, 0.4) is 0 Å². The second kappa shape index (κ2) is 9.52. The summed E-state index contributed by atoms with van der Waals surface area (Å²) in [5.41, 5.74) is 2.37. The Labute approximate surface area is 174 Å². The van der Waals surface area contributed by atoms with E-state index in [1.54, 1.807) is 18.2 Å². The normalized spacial score (nSPS) is 10.9. The van der Waals surface area contributed by atoms with Gasteiger partial charge in [-0.3, -0.25) is 9.36 Å². The van der Waals surface area contributed by atoms with E-state index in [4.69, 9.17) is 0 Å². The lowest BCUT2D eigenvalue weighted by Crippen LogP contribution is -2.15. The van der Waals surface area contributed by atoms with Crippen LogP contribution in [0.15, 0.2) is 66.3 Å². The van der Waals surface area contributed by atoms with Crippen molar-refractivity contribution in [1.29, 1.82) is 0 Å². The van der Waals surface area contributed by atoms with Crippen molar-refractivity contribution in [3.8, 4) is 11.4 Å². The van der Waals surface area contributed by atoms with Crippen LogP contribution in [-0.2, 0) is 11.3 Å². The second-order valence-electron chi connectivity index (χ2n) is 6.80. The van der Waals surface area contributed by atoms with E-state index in [1.165, 1.54) is 29.5 Å². The minimum absolute atomic E-state index is 0.0932. The van der Waals surface area contributed by atoms with Crippen molar-refractivity contribution in [2.75, 3.05) is 11.1 Å². The van der Waals surface area contributed by atoms with Crippen molar-refractivity contribution in [3.05, 3.63) is 72.6 Å². The number of anilines is 1. The molecule has 1 amide bonds. The van der Waals surface area contributed by atoms with Gasteiger partial charge in [0.1, 0.15) is 5.82 Å². The van der Waals surface area contributed by atoms with Crippen molar-refractivity contribution in [3.63, 3.8) is 0 Å². The minimum atomic E-state index is -0.465. The summed E-state index contributed by atoms with van der Waals surface area (Å²) in [5, 5.41) is 11.7. The topological polar surface area (TPSA) is 59.8 Å². The third-order valence-electron chi connectivity index (χ3n) is 4.34. The number of thioether (sulfide) groups is 1. The van der Waals surface area contributed by atoms with Gasteiger partial charge in [-0.1, -0.05) is 68.1 Å². The summed E-state index contributed by atoms with van der Waals surface area (Å²) >= 11 is 1.25. The molecule has 150 valence electrons. The third kappa shape index (κ3) is 5.12. The van der Waals surface area contributed by atoms with Crippen LogP contribution in [0.1, 0.15) is 25.3 Å². The number of carbonyl (C=O) groups excluding carboxylic acids is 1. The number of hydrogen-bond acceptors (Lipinski definition) is 4. The summed E-state index contributed by atoms with van der Waals surface area (Å²) in [4.78, 5) is 12.2. The standard InChI is InChI=1S/C22H23FN4OS/c1-4-13-27-21(17-11-9-16(10-12-17)15(2)3)25-26-22(27)29-14-20(28)24-19-8-6-5-7-18(19)23/h4-12,15H,1,13-14H2,2-3H3,(H,24,28). The maximum Gasteiger partial charge on any atom is 0.234 e. The van der Waals surface area contributed by atoms with E-state index < -0.39 is 5.82 Å². The Hall–Kier alpha value is -2.93. The summed E-state index contributed by atoms with van der Waals surface area (Å²) in [6.07, 6.45) is 1.76. The fourth-order valence-electron chi connectivity index (χ4n) is 2.80. The molecule has 1 aromatic heterocycles. The van der Waals surface area contributed by atoms with Gasteiger partial charge in [0.2, 0.25) is 5.91 Å². The molecule has 2 aromatic carbocycles. The first-order valence-corrected chi connectivity index (χ1v) is 10.3. The van der Waals surface area contributed by atoms with Crippen LogP contribution in [0.5, 0.6) is 0 Å². The second-order valence-corrected chi connectivity index (χ2v) is 7.74. The SMILES string of the molecule is C=CCn1c(SCC(=O)Nc2ccccc2F)nnc1-c1ccc(C(C)C)cc1. The van der Waals surface area contributed by atoms with Crippen LogP contribution < -0.4 is 5.32 Å². The molecule has 0 aliphatic heterocycles. The molecule has 3 aromatic rings. The number of rotatable bonds is 8. The van der Waals surface area contributed by atoms with E-state index in [0.717, 1.165) is 11.4 Å². The minimum Gasteiger partial charge on any atom is -0.323 e. The highest BCUT2D eigenvalue weighted by molar-refractivity contribution is 7.99. The number of allylic oxidation sites excluding steroid dienone is 1. The summed E-state index contributed by atoms with van der Waals surface area (Å²) in [7, 11) is 0. The lowest BCUT2D eigenvalue weighted by Gasteiger charge is -2.10. The number of halogens is 1. The average Bonchev–Trinajstić information content (AvgIpc) is 3.11. The molecule has 1 N–H and O–H groups in total. The van der Waals surface area contributed by atoms with Gasteiger partial charge in [-0.05, 0) is 23.6 Å². The maximum absolute atomic E-state index is 13.7. The highest BCUT2D eigenvalue weighted by Gasteiger charge is 2.16. The van der Waals surface area contributed by atoms with Gasteiger partial charge in [-0.2, -0.15) is 0 Å². The summed E-state index contributed by atoms with van der Waals surface area (Å²) in [6, 6.07) is 14.3. The Kier molecular flexibility index (Phi) is 6.82. The van der Waals surface area contributed by atoms with Crippen molar-refractivity contribution in [2.45, 2.75) is 31.5 Å². The molecule has 0 saturated carbocycles. The van der Waals surface area contributed by atoms with Gasteiger partial charge in [0.25, 0.3) is 0 Å². The first kappa shape index (κ1) is 20.8. The van der Waals surface area contributed by atoms with E-state index in [-0.39, 0.29) is 17.3 Å². The van der Waals surface area contributed by atoms with Crippen molar-refractivity contribution >= 4 is 23.4 Å². The van der Waals surface area contributed by atoms with Crippen LogP contribution in [0.4, 0.5) is 10.1 Å². The Balaban J connectivity index is 1.73. The maximum atomic E-state index is 13.7. The smallest absolute Gasteiger partial charge is 0.234 e. The van der Waals surface area contributed by atoms with Crippen LogP contribution >= 0.6 is 11.8 Å². The third-order valence-corrected chi connectivity index (χ3v) is 5.31. The monoisotopic (exact) mass is 410 g/mol. The van der Waals surface area contributed by atoms with Gasteiger partial charge in [0.15, 0.2) is 11.0 Å². The molecule has 0 radical (unpaired) electrons. The Morgan fingerprint density at radius 1 is 1.21 bits per heavy atom. The molecule has 0 atom stereocenters. The van der Waals surface area contributed by atoms with Gasteiger partial charge in [-0.15, -0.1) is 16.8 Å². The van der Waals surface area contributed by atoms with E-state index in [2.05, 4.69) is 48.1 Å². The van der Waals surface area contributed by atoms with Gasteiger partial charge < -0.3 is 5.32 Å². The van der Waals surface area contributed by atoms with E-state index in [9.17, 15) is 9.18 Å². The van der Waals surface area contributed by atoms with Crippen LogP contribution in [0, 0.1) is 5.82 Å². The molecule has 5 nitrogen and oxygen atoms in total. The molecule has 0 fully saturated rings. The molecule has 7 heteroatoms. The number of benzene rings is 2. The van der Waals surface area contributed by atoms with E-state index in [0.29, 0.717) is 17.6 Å². The summed E-state index contributed by atoms with van der Waals surface area (Å²) in [5.74, 6) is 0.492. The molecule has 0 aliphatic rings. The fraction of sp³-hybridized carbons (Fsp3) is 0.227. The quantitative estimate of drug-likeness (QED) is 0.413. The number of amides is 1. The molecule has 1 heterocycles. The number of nitrogens with zero attached hydrogens (tertiary/aromatic N) is 3. The van der Waals surface area contributed by atoms with E-state index >= 15 is 0 Å². The molecule has 0 aliphatic carbocycles. The van der Waals surface area contributed by atoms with Crippen LogP contribution in [0.2, 0.25) is 0 Å². The Morgan fingerprint density at radius 2 is 1.93 bits per heavy atom. The highest BCUT2D eigenvalue weighted by Crippen LogP contribution is 2.26. The van der Waals surface area contributed by atoms with Gasteiger partial charge in [-0.25, -0.2) is 4.39 Å². The molecule has 29 heavy (non-hydrogen) atoms. The molecule has 0 saturated heterocycles. The molecular formula is C22H23FN4OS. The zero-order chi connectivity index (χ0) is 20.8. The summed E-state index contributed by atoms with van der Waals surface area (Å²) < 4.78 is 15.6. The molecular weight excluding hydrogens is 387 g/mol. The average molecular weight is 411 g/mol. The first-order valence-electron chi connectivity index (χ1n) is 9.31. The number of para-hydroxylation sites is 1. The number of hydrogen-bond donors (Lipinski definition) is 1. The first-order chi connectivity index (χ1) is 14.0. The Morgan fingerprint density at radius 3 is 2.59 bits per heavy atom. The van der Waals surface area contributed by atoms with Crippen LogP contribution in [-0.4, -0.2) is 26.4 Å². The molecule has 0 bridgehead atoms. The van der Waals surface area contributed by atoms with Crippen molar-refractivity contribution < 1.29 is 9.18 Å². The van der Waals surface area contributed by atoms with Gasteiger partial charge in [0.05, 0.1) is 11.4 Å². The Bertz CT molecular complexity index is 998. The predicted molar refractivity (Wildman–Crippen MR) is 115 cm³/mol. The fourth-order valence-corrected chi connectivity index (χ4v) is 3.55. The number of aromatic nitrogens is 3. The zero-order valence-corrected chi connectivity index (χ0v) is 17.2. The highest BCUT2D eigenvalue weighted by atomic mass is 32.2. The van der Waals surface area contributed by atoms with Crippen molar-refractivity contribution in [1.82, 2.24) is 14.8 Å². The summed E-state index contributed by atoms with van der Waals surface area (Å²) in [6.45, 7) is 8.62. The molecule has 0 spiro atoms. The molecule has 3 rings (SSSR count). The largest absolute Gasteiger partial charge is 0.323 e. The van der Waals surface area contributed by atoms with Gasteiger partial charge in [0, 0.05) is 12.1 Å².